The molecule has 3 heteroatoms. The topological polar surface area (TPSA) is 29.5 Å². The Kier molecular flexibility index (Phi) is 6.50. The quantitative estimate of drug-likeness (QED) is 0.615. The van der Waals surface area contributed by atoms with E-state index >= 15 is 0 Å². The highest BCUT2D eigenvalue weighted by Crippen LogP contribution is 2.29. The SMILES string of the molecule is CCCCCC1/C(=C\c2ccccc2)OC(=O)N1CCCC. The maximum absolute atomic E-state index is 12.2. The summed E-state index contributed by atoms with van der Waals surface area (Å²) in [5, 5.41) is 0. The lowest BCUT2D eigenvalue weighted by atomic mass is 10.0. The number of unbranched alkanes of at least 4 members (excludes halogenated alkanes) is 3. The molecule has 120 valence electrons. The van der Waals surface area contributed by atoms with E-state index in [-0.39, 0.29) is 12.1 Å². The molecule has 0 saturated carbocycles. The highest BCUT2D eigenvalue weighted by Gasteiger charge is 2.36. The minimum Gasteiger partial charge on any atom is -0.412 e. The van der Waals surface area contributed by atoms with Gasteiger partial charge in [0.05, 0.1) is 6.04 Å². The van der Waals surface area contributed by atoms with E-state index in [1.54, 1.807) is 0 Å². The molecule has 1 aromatic rings. The highest BCUT2D eigenvalue weighted by atomic mass is 16.6. The van der Waals surface area contributed by atoms with Crippen molar-refractivity contribution in [2.45, 2.75) is 58.4 Å². The normalized spacial score (nSPS) is 19.7. The van der Waals surface area contributed by atoms with E-state index in [4.69, 9.17) is 4.74 Å². The van der Waals surface area contributed by atoms with Crippen molar-refractivity contribution in [3.63, 3.8) is 0 Å². The number of ether oxygens (including phenoxy) is 1. The minimum absolute atomic E-state index is 0.103. The molecule has 1 aliphatic heterocycles. The zero-order valence-electron chi connectivity index (χ0n) is 13.8. The molecule has 1 aromatic carbocycles. The van der Waals surface area contributed by atoms with E-state index in [0.717, 1.165) is 43.6 Å². The van der Waals surface area contributed by atoms with Gasteiger partial charge in [0.2, 0.25) is 0 Å². The van der Waals surface area contributed by atoms with Gasteiger partial charge in [0.15, 0.2) is 0 Å². The molecule has 0 radical (unpaired) electrons. The maximum Gasteiger partial charge on any atom is 0.415 e. The molecule has 1 amide bonds. The van der Waals surface area contributed by atoms with Crippen LogP contribution in [0.1, 0.15) is 57.9 Å². The lowest BCUT2D eigenvalue weighted by molar-refractivity contribution is 0.163. The Balaban J connectivity index is 2.15. The van der Waals surface area contributed by atoms with Crippen molar-refractivity contribution in [2.24, 2.45) is 0 Å². The first kappa shape index (κ1) is 16.6. The zero-order chi connectivity index (χ0) is 15.8. The number of carbonyl (C=O) groups is 1. The van der Waals surface area contributed by atoms with Crippen molar-refractivity contribution in [3.05, 3.63) is 41.7 Å². The molecule has 3 nitrogen and oxygen atoms in total. The van der Waals surface area contributed by atoms with Gasteiger partial charge in [-0.05, 0) is 24.5 Å². The van der Waals surface area contributed by atoms with Gasteiger partial charge in [0.25, 0.3) is 0 Å². The van der Waals surface area contributed by atoms with Crippen molar-refractivity contribution in [2.75, 3.05) is 6.54 Å². The minimum atomic E-state index is -0.183. The van der Waals surface area contributed by atoms with Crippen molar-refractivity contribution < 1.29 is 9.53 Å². The number of nitrogens with zero attached hydrogens (tertiary/aromatic N) is 1. The van der Waals surface area contributed by atoms with Crippen LogP contribution in [0.3, 0.4) is 0 Å². The van der Waals surface area contributed by atoms with E-state index < -0.39 is 0 Å². The van der Waals surface area contributed by atoms with Gasteiger partial charge in [-0.15, -0.1) is 0 Å². The van der Waals surface area contributed by atoms with Crippen LogP contribution in [0.2, 0.25) is 0 Å². The molecule has 0 N–H and O–H groups in total. The number of hydrogen-bond donors (Lipinski definition) is 0. The van der Waals surface area contributed by atoms with Crippen LogP contribution in [0.25, 0.3) is 6.08 Å². The molecule has 22 heavy (non-hydrogen) atoms. The van der Waals surface area contributed by atoms with Crippen LogP contribution in [-0.2, 0) is 4.74 Å². The molecule has 0 spiro atoms. The van der Waals surface area contributed by atoms with Gasteiger partial charge in [-0.3, -0.25) is 4.90 Å². The third-order valence-corrected chi connectivity index (χ3v) is 4.09. The molecule has 1 aliphatic rings. The standard InChI is InChI=1S/C19H27NO2/c1-3-5-8-13-17-18(15-16-11-9-7-10-12-16)22-19(21)20(17)14-6-4-2/h7,9-12,15,17H,3-6,8,13-14H2,1-2H3/b18-15+. The van der Waals surface area contributed by atoms with E-state index in [1.165, 1.54) is 12.8 Å². The summed E-state index contributed by atoms with van der Waals surface area (Å²) in [6.45, 7) is 5.14. The summed E-state index contributed by atoms with van der Waals surface area (Å²) < 4.78 is 5.57. The van der Waals surface area contributed by atoms with Gasteiger partial charge < -0.3 is 4.74 Å². The average molecular weight is 301 g/mol. The van der Waals surface area contributed by atoms with Gasteiger partial charge >= 0.3 is 6.09 Å². The Morgan fingerprint density at radius 1 is 1.09 bits per heavy atom. The van der Waals surface area contributed by atoms with Gasteiger partial charge in [0, 0.05) is 6.54 Å². The second-order valence-corrected chi connectivity index (χ2v) is 5.88. The molecule has 1 unspecified atom stereocenters. The Bertz CT molecular complexity index is 495. The smallest absolute Gasteiger partial charge is 0.412 e. The number of carbonyl (C=O) groups excluding carboxylic acids is 1. The fourth-order valence-electron chi connectivity index (χ4n) is 2.81. The molecule has 0 aromatic heterocycles. The third-order valence-electron chi connectivity index (χ3n) is 4.09. The molecule has 1 heterocycles. The predicted octanol–water partition coefficient (Wildman–Crippen LogP) is 5.23. The number of benzene rings is 1. The second-order valence-electron chi connectivity index (χ2n) is 5.88. The molecular formula is C19H27NO2. The first-order chi connectivity index (χ1) is 10.8. The van der Waals surface area contributed by atoms with Gasteiger partial charge in [-0.2, -0.15) is 0 Å². The largest absolute Gasteiger partial charge is 0.415 e. The average Bonchev–Trinajstić information content (AvgIpc) is 2.82. The molecular weight excluding hydrogens is 274 g/mol. The van der Waals surface area contributed by atoms with Crippen molar-refractivity contribution in [1.29, 1.82) is 0 Å². The molecule has 0 bridgehead atoms. The molecule has 0 aliphatic carbocycles. The Morgan fingerprint density at radius 2 is 1.82 bits per heavy atom. The van der Waals surface area contributed by atoms with E-state index in [2.05, 4.69) is 13.8 Å². The van der Waals surface area contributed by atoms with Gasteiger partial charge in [0.1, 0.15) is 5.76 Å². The first-order valence-electron chi connectivity index (χ1n) is 8.51. The molecule has 1 saturated heterocycles. The summed E-state index contributed by atoms with van der Waals surface area (Å²) in [5.41, 5.74) is 1.09. The summed E-state index contributed by atoms with van der Waals surface area (Å²) in [7, 11) is 0. The fourth-order valence-corrected chi connectivity index (χ4v) is 2.81. The van der Waals surface area contributed by atoms with Crippen LogP contribution < -0.4 is 0 Å². The van der Waals surface area contributed by atoms with Gasteiger partial charge in [-0.25, -0.2) is 4.79 Å². The van der Waals surface area contributed by atoms with Crippen LogP contribution in [0.4, 0.5) is 4.79 Å². The Labute approximate surface area is 134 Å². The summed E-state index contributed by atoms with van der Waals surface area (Å²) >= 11 is 0. The monoisotopic (exact) mass is 301 g/mol. The summed E-state index contributed by atoms with van der Waals surface area (Å²) in [5.74, 6) is 0.809. The Morgan fingerprint density at radius 3 is 2.50 bits per heavy atom. The van der Waals surface area contributed by atoms with Crippen LogP contribution in [0.5, 0.6) is 0 Å². The second kappa shape index (κ2) is 8.62. The maximum atomic E-state index is 12.2. The Hall–Kier alpha value is -1.77. The van der Waals surface area contributed by atoms with Gasteiger partial charge in [-0.1, -0.05) is 69.9 Å². The molecule has 2 rings (SSSR count). The fraction of sp³-hybridized carbons (Fsp3) is 0.526. The zero-order valence-corrected chi connectivity index (χ0v) is 13.8. The summed E-state index contributed by atoms with van der Waals surface area (Å²) in [4.78, 5) is 14.1. The lowest BCUT2D eigenvalue weighted by Gasteiger charge is -2.21. The lowest BCUT2D eigenvalue weighted by Crippen LogP contribution is -2.33. The number of amides is 1. The summed E-state index contributed by atoms with van der Waals surface area (Å²) in [6, 6.07) is 10.2. The van der Waals surface area contributed by atoms with Crippen LogP contribution in [0, 0.1) is 0 Å². The summed E-state index contributed by atoms with van der Waals surface area (Å²) in [6.07, 6.45) is 8.45. The number of hydrogen-bond acceptors (Lipinski definition) is 2. The molecule has 1 atom stereocenters. The molecule has 1 fully saturated rings. The van der Waals surface area contributed by atoms with E-state index in [0.29, 0.717) is 0 Å². The first-order valence-corrected chi connectivity index (χ1v) is 8.51. The number of rotatable bonds is 8. The van der Waals surface area contributed by atoms with Crippen molar-refractivity contribution >= 4 is 12.2 Å². The third kappa shape index (κ3) is 4.36. The van der Waals surface area contributed by atoms with E-state index in [9.17, 15) is 4.79 Å². The van der Waals surface area contributed by atoms with Crippen LogP contribution in [0.15, 0.2) is 36.1 Å². The van der Waals surface area contributed by atoms with Crippen molar-refractivity contribution in [1.82, 2.24) is 4.90 Å². The van der Waals surface area contributed by atoms with Crippen LogP contribution in [-0.4, -0.2) is 23.6 Å². The predicted molar refractivity (Wildman–Crippen MR) is 90.4 cm³/mol. The van der Waals surface area contributed by atoms with Crippen LogP contribution >= 0.6 is 0 Å². The van der Waals surface area contributed by atoms with E-state index in [1.807, 2.05) is 41.3 Å². The number of cyclic esters (lactones) is 1. The highest BCUT2D eigenvalue weighted by molar-refractivity contribution is 5.75. The van der Waals surface area contributed by atoms with Crippen molar-refractivity contribution in [3.8, 4) is 0 Å².